The van der Waals surface area contributed by atoms with E-state index < -0.39 is 10.9 Å². The standard InChI is InChI=1S/C13H12N2O5S/c1-7-8(2)21-12(14-7)6-20-11-4-3-9(15(18)19)5-10(11)13(16)17/h3-5H,6H2,1-2H3,(H,16,17). The van der Waals surface area contributed by atoms with E-state index in [0.717, 1.165) is 21.6 Å². The molecular formula is C13H12N2O5S. The Kier molecular flexibility index (Phi) is 4.18. The molecule has 1 heterocycles. The normalized spacial score (nSPS) is 10.4. The number of aromatic carboxylic acids is 1. The Morgan fingerprint density at radius 1 is 1.48 bits per heavy atom. The molecular weight excluding hydrogens is 296 g/mol. The second-order valence-corrected chi connectivity index (χ2v) is 5.57. The van der Waals surface area contributed by atoms with Crippen molar-refractivity contribution in [1.29, 1.82) is 0 Å². The Bertz CT molecular complexity index is 691. The first kappa shape index (κ1) is 14.9. The summed E-state index contributed by atoms with van der Waals surface area (Å²) in [5.41, 5.74) is 0.371. The SMILES string of the molecule is Cc1nc(COc2ccc([N+](=O)[O-])cc2C(=O)O)sc1C. The van der Waals surface area contributed by atoms with E-state index >= 15 is 0 Å². The number of nitrogens with zero attached hydrogens (tertiary/aromatic N) is 2. The molecule has 0 aliphatic rings. The number of benzene rings is 1. The van der Waals surface area contributed by atoms with Crippen molar-refractivity contribution >= 4 is 23.0 Å². The number of non-ortho nitro benzene ring substituents is 1. The average Bonchev–Trinajstić information content (AvgIpc) is 2.75. The maximum Gasteiger partial charge on any atom is 0.339 e. The monoisotopic (exact) mass is 308 g/mol. The van der Waals surface area contributed by atoms with Crippen LogP contribution in [0.15, 0.2) is 18.2 Å². The highest BCUT2D eigenvalue weighted by Gasteiger charge is 2.17. The van der Waals surface area contributed by atoms with Crippen molar-refractivity contribution in [2.24, 2.45) is 0 Å². The summed E-state index contributed by atoms with van der Waals surface area (Å²) in [6.45, 7) is 3.94. The molecule has 1 N–H and O–H groups in total. The minimum atomic E-state index is -1.28. The van der Waals surface area contributed by atoms with Crippen molar-refractivity contribution in [2.75, 3.05) is 0 Å². The van der Waals surface area contributed by atoms with Crippen LogP contribution in [0.4, 0.5) is 5.69 Å². The Morgan fingerprint density at radius 2 is 2.19 bits per heavy atom. The largest absolute Gasteiger partial charge is 0.486 e. The van der Waals surface area contributed by atoms with Crippen LogP contribution in [-0.4, -0.2) is 21.0 Å². The molecule has 1 aromatic carbocycles. The minimum Gasteiger partial charge on any atom is -0.486 e. The Morgan fingerprint density at radius 3 is 2.71 bits per heavy atom. The quantitative estimate of drug-likeness (QED) is 0.673. The van der Waals surface area contributed by atoms with Gasteiger partial charge in [0.05, 0.1) is 10.6 Å². The summed E-state index contributed by atoms with van der Waals surface area (Å²) in [5, 5.41) is 20.5. The summed E-state index contributed by atoms with van der Waals surface area (Å²) in [6.07, 6.45) is 0. The summed E-state index contributed by atoms with van der Waals surface area (Å²) in [7, 11) is 0. The van der Waals surface area contributed by atoms with E-state index in [1.165, 1.54) is 23.5 Å². The van der Waals surface area contributed by atoms with Crippen LogP contribution in [0.3, 0.4) is 0 Å². The zero-order valence-corrected chi connectivity index (χ0v) is 12.1. The van der Waals surface area contributed by atoms with E-state index in [1.807, 2.05) is 13.8 Å². The highest BCUT2D eigenvalue weighted by molar-refractivity contribution is 7.11. The fourth-order valence-corrected chi connectivity index (χ4v) is 2.51. The number of aryl methyl sites for hydroxylation is 2. The van der Waals surface area contributed by atoms with Gasteiger partial charge in [-0.1, -0.05) is 0 Å². The van der Waals surface area contributed by atoms with E-state index in [4.69, 9.17) is 9.84 Å². The van der Waals surface area contributed by atoms with Crippen LogP contribution >= 0.6 is 11.3 Å². The van der Waals surface area contributed by atoms with Crippen LogP contribution in [0.25, 0.3) is 0 Å². The van der Waals surface area contributed by atoms with Crippen molar-refractivity contribution in [3.8, 4) is 5.75 Å². The van der Waals surface area contributed by atoms with Gasteiger partial charge in [0, 0.05) is 17.0 Å². The third kappa shape index (κ3) is 3.34. The number of hydrogen-bond donors (Lipinski definition) is 1. The molecule has 0 fully saturated rings. The molecule has 2 rings (SSSR count). The van der Waals surface area contributed by atoms with Gasteiger partial charge >= 0.3 is 5.97 Å². The molecule has 0 aliphatic carbocycles. The minimum absolute atomic E-state index is 0.0820. The number of aromatic nitrogens is 1. The highest BCUT2D eigenvalue weighted by atomic mass is 32.1. The first-order valence-corrected chi connectivity index (χ1v) is 6.77. The van der Waals surface area contributed by atoms with Crippen molar-refractivity contribution < 1.29 is 19.6 Å². The predicted molar refractivity (Wildman–Crippen MR) is 76.0 cm³/mol. The molecule has 21 heavy (non-hydrogen) atoms. The van der Waals surface area contributed by atoms with E-state index in [0.29, 0.717) is 0 Å². The van der Waals surface area contributed by atoms with Crippen LogP contribution in [-0.2, 0) is 6.61 Å². The highest BCUT2D eigenvalue weighted by Crippen LogP contribution is 2.26. The lowest BCUT2D eigenvalue weighted by Gasteiger charge is -2.07. The van der Waals surface area contributed by atoms with Crippen LogP contribution in [0.5, 0.6) is 5.75 Å². The zero-order chi connectivity index (χ0) is 15.6. The molecule has 0 bridgehead atoms. The predicted octanol–water partition coefficient (Wildman–Crippen LogP) is 2.95. The van der Waals surface area contributed by atoms with Crippen LogP contribution in [0.2, 0.25) is 0 Å². The summed E-state index contributed by atoms with van der Waals surface area (Å²) in [4.78, 5) is 26.5. The van der Waals surface area contributed by atoms with Gasteiger partial charge in [-0.3, -0.25) is 10.1 Å². The summed E-state index contributed by atoms with van der Waals surface area (Å²) < 4.78 is 5.43. The second-order valence-electron chi connectivity index (χ2n) is 4.28. The fourth-order valence-electron chi connectivity index (χ4n) is 1.66. The lowest BCUT2D eigenvalue weighted by Crippen LogP contribution is -2.04. The third-order valence-corrected chi connectivity index (χ3v) is 3.87. The molecule has 110 valence electrons. The van der Waals surface area contributed by atoms with Crippen molar-refractivity contribution in [1.82, 2.24) is 4.98 Å². The van der Waals surface area contributed by atoms with Gasteiger partial charge in [0.2, 0.25) is 0 Å². The fraction of sp³-hybridized carbons (Fsp3) is 0.231. The van der Waals surface area contributed by atoms with E-state index in [1.54, 1.807) is 0 Å². The van der Waals surface area contributed by atoms with Gasteiger partial charge in [0.25, 0.3) is 5.69 Å². The van der Waals surface area contributed by atoms with Gasteiger partial charge in [-0.05, 0) is 19.9 Å². The van der Waals surface area contributed by atoms with E-state index in [2.05, 4.69) is 4.98 Å². The molecule has 8 heteroatoms. The lowest BCUT2D eigenvalue weighted by molar-refractivity contribution is -0.384. The topological polar surface area (TPSA) is 103 Å². The number of carboxylic acid groups (broad SMARTS) is 1. The number of carbonyl (C=O) groups is 1. The number of thiazole rings is 1. The maximum absolute atomic E-state index is 11.2. The summed E-state index contributed by atoms with van der Waals surface area (Å²) in [5.74, 6) is -1.20. The van der Waals surface area contributed by atoms with Crippen LogP contribution in [0, 0.1) is 24.0 Å². The van der Waals surface area contributed by atoms with Gasteiger partial charge in [-0.15, -0.1) is 11.3 Å². The van der Waals surface area contributed by atoms with E-state index in [-0.39, 0.29) is 23.6 Å². The third-order valence-electron chi connectivity index (χ3n) is 2.83. The van der Waals surface area contributed by atoms with Crippen molar-refractivity contribution in [2.45, 2.75) is 20.5 Å². The van der Waals surface area contributed by atoms with Gasteiger partial charge < -0.3 is 9.84 Å². The molecule has 0 atom stereocenters. The van der Waals surface area contributed by atoms with Gasteiger partial charge in [-0.25, -0.2) is 9.78 Å². The molecule has 2 aromatic rings. The Balaban J connectivity index is 2.23. The smallest absolute Gasteiger partial charge is 0.339 e. The number of nitro groups is 1. The Labute approximate surface area is 124 Å². The molecule has 1 aromatic heterocycles. The molecule has 0 aliphatic heterocycles. The van der Waals surface area contributed by atoms with Crippen molar-refractivity contribution in [3.63, 3.8) is 0 Å². The summed E-state index contributed by atoms with van der Waals surface area (Å²) >= 11 is 1.46. The molecule has 0 spiro atoms. The lowest BCUT2D eigenvalue weighted by atomic mass is 10.2. The number of ether oxygens (including phenoxy) is 1. The second kappa shape index (κ2) is 5.88. The first-order chi connectivity index (χ1) is 9.88. The molecule has 0 saturated heterocycles. The van der Waals surface area contributed by atoms with Gasteiger partial charge in [0.1, 0.15) is 22.9 Å². The van der Waals surface area contributed by atoms with Gasteiger partial charge in [-0.2, -0.15) is 0 Å². The number of nitro benzene ring substituents is 1. The summed E-state index contributed by atoms with van der Waals surface area (Å²) in [6, 6.07) is 3.48. The molecule has 7 nitrogen and oxygen atoms in total. The average molecular weight is 308 g/mol. The number of hydrogen-bond acceptors (Lipinski definition) is 6. The number of rotatable bonds is 5. The molecule has 0 amide bonds. The molecule has 0 saturated carbocycles. The molecule has 0 radical (unpaired) electrons. The zero-order valence-electron chi connectivity index (χ0n) is 11.3. The van der Waals surface area contributed by atoms with Crippen LogP contribution in [0.1, 0.15) is 25.9 Å². The van der Waals surface area contributed by atoms with Crippen molar-refractivity contribution in [3.05, 3.63) is 49.5 Å². The number of carboxylic acids is 1. The Hall–Kier alpha value is -2.48. The van der Waals surface area contributed by atoms with E-state index in [9.17, 15) is 14.9 Å². The van der Waals surface area contributed by atoms with Gasteiger partial charge in [0.15, 0.2) is 0 Å². The molecule has 0 unspecified atom stereocenters. The van der Waals surface area contributed by atoms with Crippen LogP contribution < -0.4 is 4.74 Å². The maximum atomic E-state index is 11.2. The first-order valence-electron chi connectivity index (χ1n) is 5.96.